The molecule has 1 heteroatoms. The van der Waals surface area contributed by atoms with Crippen molar-refractivity contribution in [2.75, 3.05) is 7.05 Å². The van der Waals surface area contributed by atoms with E-state index in [1.54, 1.807) is 0 Å². The van der Waals surface area contributed by atoms with E-state index in [-0.39, 0.29) is 0 Å². The van der Waals surface area contributed by atoms with E-state index in [2.05, 4.69) is 18.3 Å². The molecule has 0 aromatic heterocycles. The van der Waals surface area contributed by atoms with Crippen molar-refractivity contribution < 1.29 is 0 Å². The fourth-order valence-corrected chi connectivity index (χ4v) is 0.311. The van der Waals surface area contributed by atoms with E-state index in [9.17, 15) is 0 Å². The van der Waals surface area contributed by atoms with E-state index >= 15 is 0 Å². The highest BCUT2D eigenvalue weighted by Gasteiger charge is 1.71. The van der Waals surface area contributed by atoms with Gasteiger partial charge in [0.15, 0.2) is 0 Å². The Morgan fingerprint density at radius 3 is 1.75 bits per heavy atom. The molecule has 0 amide bonds. The minimum atomic E-state index is 1.28. The van der Waals surface area contributed by atoms with Gasteiger partial charge in [-0.2, -0.15) is 0 Å². The predicted molar refractivity (Wildman–Crippen MR) is 60.3 cm³/mol. The van der Waals surface area contributed by atoms with Gasteiger partial charge in [0.25, 0.3) is 0 Å². The number of rotatable bonds is 2. The summed E-state index contributed by atoms with van der Waals surface area (Å²) in [6.07, 6.45) is 6.00. The second-order valence-electron chi connectivity index (χ2n) is 1.65. The highest BCUT2D eigenvalue weighted by molar-refractivity contribution is 5.13. The van der Waals surface area contributed by atoms with Gasteiger partial charge in [-0.3, -0.25) is 0 Å². The molecule has 0 bridgehead atoms. The Bertz CT molecular complexity index is 102. The van der Waals surface area contributed by atoms with Gasteiger partial charge in [-0.1, -0.05) is 39.3 Å². The average molecular weight is 171 g/mol. The molecule has 0 radical (unpaired) electrons. The zero-order chi connectivity index (χ0) is 10.4. The number of hydrogen-bond acceptors (Lipinski definition) is 1. The molecule has 0 heterocycles. The van der Waals surface area contributed by atoms with Crippen LogP contribution in [-0.2, 0) is 0 Å². The minimum Gasteiger partial charge on any atom is -0.394 e. The zero-order valence-electron chi connectivity index (χ0n) is 9.73. The van der Waals surface area contributed by atoms with E-state index in [1.165, 1.54) is 5.57 Å². The molecule has 0 aliphatic rings. The molecule has 0 saturated heterocycles. The maximum Gasteiger partial charge on any atom is 0.00277 e. The van der Waals surface area contributed by atoms with Crippen molar-refractivity contribution in [2.45, 2.75) is 41.5 Å². The van der Waals surface area contributed by atoms with Crippen molar-refractivity contribution in [3.05, 3.63) is 23.9 Å². The Hall–Kier alpha value is -0.720. The lowest BCUT2D eigenvalue weighted by Crippen LogP contribution is -1.90. The molecule has 0 aliphatic heterocycles. The fraction of sp³-hybridized carbons (Fsp3) is 0.636. The van der Waals surface area contributed by atoms with Crippen molar-refractivity contribution in [3.8, 4) is 0 Å². The van der Waals surface area contributed by atoms with E-state index in [1.807, 2.05) is 53.9 Å². The second-order valence-corrected chi connectivity index (χ2v) is 1.65. The number of allylic oxidation sites excluding steroid dienone is 3. The molecule has 0 aromatic rings. The SMILES string of the molecule is C/C=C(C)\C=C/NC.CC.CC. The van der Waals surface area contributed by atoms with Crippen LogP contribution < -0.4 is 5.32 Å². The molecule has 0 fully saturated rings. The van der Waals surface area contributed by atoms with E-state index in [0.717, 1.165) is 0 Å². The lowest BCUT2D eigenvalue weighted by atomic mass is 10.3. The Balaban J connectivity index is -0.000000175. The average Bonchev–Trinajstić information content (AvgIpc) is 2.20. The van der Waals surface area contributed by atoms with Gasteiger partial charge in [0.2, 0.25) is 0 Å². The van der Waals surface area contributed by atoms with Crippen LogP contribution in [0, 0.1) is 0 Å². The summed E-state index contributed by atoms with van der Waals surface area (Å²) in [5.41, 5.74) is 1.28. The summed E-state index contributed by atoms with van der Waals surface area (Å²) < 4.78 is 0. The third-order valence-electron chi connectivity index (χ3n) is 0.968. The third-order valence-corrected chi connectivity index (χ3v) is 0.968. The maximum atomic E-state index is 2.91. The maximum absolute atomic E-state index is 2.91. The Kier molecular flexibility index (Phi) is 32.5. The summed E-state index contributed by atoms with van der Waals surface area (Å²) in [5, 5.41) is 2.91. The predicted octanol–water partition coefficient (Wildman–Crippen LogP) is 3.74. The van der Waals surface area contributed by atoms with Gasteiger partial charge in [0.05, 0.1) is 0 Å². The highest BCUT2D eigenvalue weighted by atomic mass is 14.8. The molecule has 0 atom stereocenters. The summed E-state index contributed by atoms with van der Waals surface area (Å²) in [6.45, 7) is 12.1. The molecule has 0 aromatic carbocycles. The van der Waals surface area contributed by atoms with Gasteiger partial charge in [-0.15, -0.1) is 0 Å². The molecule has 74 valence electrons. The van der Waals surface area contributed by atoms with Crippen LogP contribution in [0.5, 0.6) is 0 Å². The number of nitrogens with one attached hydrogen (secondary N) is 1. The largest absolute Gasteiger partial charge is 0.394 e. The minimum absolute atomic E-state index is 1.28. The molecular weight excluding hydrogens is 146 g/mol. The van der Waals surface area contributed by atoms with Crippen molar-refractivity contribution in [3.63, 3.8) is 0 Å². The van der Waals surface area contributed by atoms with Gasteiger partial charge in [-0.05, 0) is 26.1 Å². The lowest BCUT2D eigenvalue weighted by Gasteiger charge is -1.86. The Morgan fingerprint density at radius 2 is 1.50 bits per heavy atom. The number of hydrogen-bond donors (Lipinski definition) is 1. The van der Waals surface area contributed by atoms with Crippen molar-refractivity contribution in [2.24, 2.45) is 0 Å². The molecule has 0 spiro atoms. The fourth-order valence-electron chi connectivity index (χ4n) is 0.311. The summed E-state index contributed by atoms with van der Waals surface area (Å²) >= 11 is 0. The molecule has 0 aliphatic carbocycles. The van der Waals surface area contributed by atoms with Crippen LogP contribution in [-0.4, -0.2) is 7.05 Å². The third kappa shape index (κ3) is 22.8. The monoisotopic (exact) mass is 171 g/mol. The van der Waals surface area contributed by atoms with Crippen LogP contribution >= 0.6 is 0 Å². The normalized spacial score (nSPS) is 9.42. The van der Waals surface area contributed by atoms with Crippen LogP contribution in [0.25, 0.3) is 0 Å². The van der Waals surface area contributed by atoms with E-state index < -0.39 is 0 Å². The van der Waals surface area contributed by atoms with Gasteiger partial charge >= 0.3 is 0 Å². The van der Waals surface area contributed by atoms with Gasteiger partial charge in [-0.25, -0.2) is 0 Å². The van der Waals surface area contributed by atoms with Crippen molar-refractivity contribution in [1.82, 2.24) is 5.32 Å². The Morgan fingerprint density at radius 1 is 1.08 bits per heavy atom. The summed E-state index contributed by atoms with van der Waals surface area (Å²) in [6, 6.07) is 0. The van der Waals surface area contributed by atoms with Crippen LogP contribution in [0.1, 0.15) is 41.5 Å². The first-order chi connectivity index (χ1) is 5.81. The molecule has 12 heavy (non-hydrogen) atoms. The Labute approximate surface area is 78.6 Å². The summed E-state index contributed by atoms with van der Waals surface area (Å²) in [5.74, 6) is 0. The highest BCUT2D eigenvalue weighted by Crippen LogP contribution is 1.90. The zero-order valence-corrected chi connectivity index (χ0v) is 9.73. The molecule has 1 N–H and O–H groups in total. The quantitative estimate of drug-likeness (QED) is 0.624. The van der Waals surface area contributed by atoms with Crippen molar-refractivity contribution in [1.29, 1.82) is 0 Å². The molecule has 1 nitrogen and oxygen atoms in total. The lowest BCUT2D eigenvalue weighted by molar-refractivity contribution is 1.10. The van der Waals surface area contributed by atoms with Crippen LogP contribution in [0.2, 0.25) is 0 Å². The first kappa shape index (κ1) is 17.4. The smallest absolute Gasteiger partial charge is 0.00277 e. The second kappa shape index (κ2) is 22.4. The first-order valence-corrected chi connectivity index (χ1v) is 4.78. The van der Waals surface area contributed by atoms with Gasteiger partial charge in [0.1, 0.15) is 0 Å². The standard InChI is InChI=1S/C7H13N.2C2H6/c1-4-7(2)5-6-8-3;2*1-2/h4-6,8H,1-3H3;2*1-2H3/b6-5-,7-4-;;. The molecule has 0 saturated carbocycles. The van der Waals surface area contributed by atoms with Gasteiger partial charge < -0.3 is 5.32 Å². The van der Waals surface area contributed by atoms with Crippen LogP contribution in [0.4, 0.5) is 0 Å². The van der Waals surface area contributed by atoms with Crippen LogP contribution in [0.3, 0.4) is 0 Å². The summed E-state index contributed by atoms with van der Waals surface area (Å²) in [4.78, 5) is 0. The van der Waals surface area contributed by atoms with E-state index in [0.29, 0.717) is 0 Å². The first-order valence-electron chi connectivity index (χ1n) is 4.78. The van der Waals surface area contributed by atoms with Crippen LogP contribution in [0.15, 0.2) is 23.9 Å². The molecule has 0 unspecified atom stereocenters. The van der Waals surface area contributed by atoms with Crippen molar-refractivity contribution >= 4 is 0 Å². The topological polar surface area (TPSA) is 12.0 Å². The molecule has 0 rings (SSSR count). The van der Waals surface area contributed by atoms with E-state index in [4.69, 9.17) is 0 Å². The van der Waals surface area contributed by atoms with Gasteiger partial charge in [0, 0.05) is 7.05 Å². The summed E-state index contributed by atoms with van der Waals surface area (Å²) in [7, 11) is 1.89. The molecular formula is C11H25N.